The lowest BCUT2D eigenvalue weighted by atomic mass is 10.1. The molecule has 1 N–H and O–H groups in total. The number of amides is 2. The zero-order valence-electron chi connectivity index (χ0n) is 12.6. The van der Waals surface area contributed by atoms with Crippen molar-refractivity contribution in [3.63, 3.8) is 0 Å². The highest BCUT2D eigenvalue weighted by Gasteiger charge is 2.26. The molecule has 126 valence electrons. The molecule has 1 unspecified atom stereocenters. The minimum atomic E-state index is -0.814. The second kappa shape index (κ2) is 7.15. The largest absolute Gasteiger partial charge is 0.370 e. The molecular formula is C17H15ClF2N2O2. The number of carbonyl (C=O) groups excluding carboxylic acids is 1. The molecule has 24 heavy (non-hydrogen) atoms. The minimum absolute atomic E-state index is 0.281. The monoisotopic (exact) mass is 352 g/mol. The summed E-state index contributed by atoms with van der Waals surface area (Å²) in [4.78, 5) is 13.8. The molecule has 1 fully saturated rings. The van der Waals surface area contributed by atoms with Crippen LogP contribution in [-0.4, -0.2) is 30.6 Å². The highest BCUT2D eigenvalue weighted by Crippen LogP contribution is 2.25. The van der Waals surface area contributed by atoms with Crippen molar-refractivity contribution in [2.24, 2.45) is 0 Å². The lowest BCUT2D eigenvalue weighted by Gasteiger charge is -2.33. The summed E-state index contributed by atoms with van der Waals surface area (Å²) in [5, 5.41) is 2.90. The Morgan fingerprint density at radius 3 is 2.50 bits per heavy atom. The zero-order valence-corrected chi connectivity index (χ0v) is 13.4. The van der Waals surface area contributed by atoms with E-state index in [2.05, 4.69) is 5.32 Å². The highest BCUT2D eigenvalue weighted by atomic mass is 35.5. The van der Waals surface area contributed by atoms with E-state index >= 15 is 0 Å². The number of nitrogens with zero attached hydrogens (tertiary/aromatic N) is 1. The van der Waals surface area contributed by atoms with Crippen LogP contribution in [0.5, 0.6) is 0 Å². The summed E-state index contributed by atoms with van der Waals surface area (Å²) in [7, 11) is 0. The molecular weight excluding hydrogens is 338 g/mol. The van der Waals surface area contributed by atoms with Gasteiger partial charge in [-0.15, -0.1) is 0 Å². The smallest absolute Gasteiger partial charge is 0.322 e. The van der Waals surface area contributed by atoms with Crippen LogP contribution in [0.25, 0.3) is 0 Å². The quantitative estimate of drug-likeness (QED) is 0.879. The predicted octanol–water partition coefficient (Wildman–Crippen LogP) is 4.22. The van der Waals surface area contributed by atoms with Gasteiger partial charge in [-0.05, 0) is 29.8 Å². The van der Waals surface area contributed by atoms with Crippen LogP contribution in [0, 0.1) is 11.6 Å². The Labute approximate surface area is 143 Å². The van der Waals surface area contributed by atoms with Crippen LogP contribution in [0.2, 0.25) is 5.02 Å². The molecule has 1 atom stereocenters. The first-order chi connectivity index (χ1) is 11.5. The van der Waals surface area contributed by atoms with E-state index in [-0.39, 0.29) is 12.6 Å². The van der Waals surface area contributed by atoms with E-state index in [1.54, 1.807) is 12.1 Å². The maximum atomic E-state index is 13.6. The van der Waals surface area contributed by atoms with Gasteiger partial charge in [-0.3, -0.25) is 0 Å². The summed E-state index contributed by atoms with van der Waals surface area (Å²) in [5.74, 6) is -1.63. The number of anilines is 1. The Morgan fingerprint density at radius 2 is 1.83 bits per heavy atom. The van der Waals surface area contributed by atoms with Gasteiger partial charge >= 0.3 is 6.03 Å². The second-order valence-electron chi connectivity index (χ2n) is 5.38. The van der Waals surface area contributed by atoms with Gasteiger partial charge in [-0.2, -0.15) is 0 Å². The van der Waals surface area contributed by atoms with Crippen molar-refractivity contribution in [3.05, 3.63) is 64.7 Å². The van der Waals surface area contributed by atoms with E-state index in [4.69, 9.17) is 16.3 Å². The average molecular weight is 353 g/mol. The number of hydrogen-bond acceptors (Lipinski definition) is 2. The fourth-order valence-corrected chi connectivity index (χ4v) is 2.64. The van der Waals surface area contributed by atoms with Crippen molar-refractivity contribution >= 4 is 23.3 Å². The van der Waals surface area contributed by atoms with Gasteiger partial charge in [0.1, 0.15) is 23.4 Å². The number of hydrogen-bond donors (Lipinski definition) is 1. The maximum Gasteiger partial charge on any atom is 0.322 e. The fourth-order valence-electron chi connectivity index (χ4n) is 2.52. The average Bonchev–Trinajstić information content (AvgIpc) is 2.59. The van der Waals surface area contributed by atoms with Crippen molar-refractivity contribution in [2.75, 3.05) is 25.0 Å². The van der Waals surface area contributed by atoms with Crippen LogP contribution >= 0.6 is 11.6 Å². The molecule has 1 heterocycles. The first-order valence-electron chi connectivity index (χ1n) is 7.41. The minimum Gasteiger partial charge on any atom is -0.370 e. The van der Waals surface area contributed by atoms with Gasteiger partial charge in [0.2, 0.25) is 0 Å². The third kappa shape index (κ3) is 3.66. The third-order valence-corrected chi connectivity index (χ3v) is 4.04. The number of urea groups is 1. The molecule has 3 rings (SSSR count). The zero-order chi connectivity index (χ0) is 17.1. The molecule has 1 aliphatic rings. The van der Waals surface area contributed by atoms with Crippen molar-refractivity contribution in [1.82, 2.24) is 4.90 Å². The molecule has 7 heteroatoms. The standard InChI is InChI=1S/C17H15ClF2N2O2/c18-12-6-4-11(5-7-12)15-10-22(8-9-24-15)17(23)21-16-13(19)2-1-3-14(16)20/h1-7,15H,8-10H2,(H,21,23). The van der Waals surface area contributed by atoms with Gasteiger partial charge in [-0.1, -0.05) is 29.8 Å². The molecule has 2 aromatic carbocycles. The van der Waals surface area contributed by atoms with Gasteiger partial charge in [0.15, 0.2) is 0 Å². The van der Waals surface area contributed by atoms with E-state index < -0.39 is 23.4 Å². The first-order valence-corrected chi connectivity index (χ1v) is 7.79. The molecule has 0 radical (unpaired) electrons. The second-order valence-corrected chi connectivity index (χ2v) is 5.82. The summed E-state index contributed by atoms with van der Waals surface area (Å²) in [6.07, 6.45) is -0.313. The van der Waals surface area contributed by atoms with E-state index in [0.717, 1.165) is 17.7 Å². The lowest BCUT2D eigenvalue weighted by Crippen LogP contribution is -2.44. The van der Waals surface area contributed by atoms with Gasteiger partial charge in [0.25, 0.3) is 0 Å². The van der Waals surface area contributed by atoms with Crippen LogP contribution in [0.15, 0.2) is 42.5 Å². The van der Waals surface area contributed by atoms with Crippen molar-refractivity contribution in [1.29, 1.82) is 0 Å². The third-order valence-electron chi connectivity index (χ3n) is 3.79. The summed E-state index contributed by atoms with van der Waals surface area (Å²) in [6, 6.07) is 9.99. The van der Waals surface area contributed by atoms with Crippen molar-refractivity contribution in [2.45, 2.75) is 6.10 Å². The number of rotatable bonds is 2. The van der Waals surface area contributed by atoms with Crippen LogP contribution in [-0.2, 0) is 4.74 Å². The molecule has 4 nitrogen and oxygen atoms in total. The van der Waals surface area contributed by atoms with E-state index in [1.165, 1.54) is 11.0 Å². The summed E-state index contributed by atoms with van der Waals surface area (Å²) < 4.78 is 33.0. The number of benzene rings is 2. The molecule has 1 saturated heterocycles. The van der Waals surface area contributed by atoms with Crippen LogP contribution in [0.4, 0.5) is 19.3 Å². The van der Waals surface area contributed by atoms with Crippen LogP contribution in [0.1, 0.15) is 11.7 Å². The lowest BCUT2D eigenvalue weighted by molar-refractivity contribution is -0.0135. The van der Waals surface area contributed by atoms with E-state index in [0.29, 0.717) is 18.2 Å². The summed E-state index contributed by atoms with van der Waals surface area (Å²) in [6.45, 7) is 0.954. The Kier molecular flexibility index (Phi) is 4.97. The number of nitrogens with one attached hydrogen (secondary N) is 1. The topological polar surface area (TPSA) is 41.6 Å². The molecule has 1 aliphatic heterocycles. The number of para-hydroxylation sites is 1. The fraction of sp³-hybridized carbons (Fsp3) is 0.235. The SMILES string of the molecule is O=C(Nc1c(F)cccc1F)N1CCOC(c2ccc(Cl)cc2)C1. The Bertz CT molecular complexity index is 720. The summed E-state index contributed by atoms with van der Waals surface area (Å²) >= 11 is 5.86. The van der Waals surface area contributed by atoms with Gasteiger partial charge in [0, 0.05) is 11.6 Å². The first kappa shape index (κ1) is 16.7. The molecule has 2 amide bonds. The molecule has 2 aromatic rings. The Balaban J connectivity index is 1.70. The van der Waals surface area contributed by atoms with Gasteiger partial charge in [-0.25, -0.2) is 13.6 Å². The van der Waals surface area contributed by atoms with Crippen molar-refractivity contribution < 1.29 is 18.3 Å². The molecule has 0 spiro atoms. The number of halogens is 3. The number of carbonyl (C=O) groups is 1. The Hall–Kier alpha value is -2.18. The Morgan fingerprint density at radius 1 is 1.17 bits per heavy atom. The molecule has 0 aliphatic carbocycles. The number of morpholine rings is 1. The molecule has 0 aromatic heterocycles. The van der Waals surface area contributed by atoms with Crippen molar-refractivity contribution in [3.8, 4) is 0 Å². The van der Waals surface area contributed by atoms with Gasteiger partial charge in [0.05, 0.1) is 13.2 Å². The number of ether oxygens (including phenoxy) is 1. The predicted molar refractivity (Wildman–Crippen MR) is 87.1 cm³/mol. The van der Waals surface area contributed by atoms with Gasteiger partial charge < -0.3 is 15.0 Å². The summed E-state index contributed by atoms with van der Waals surface area (Å²) in [5.41, 5.74) is 0.436. The molecule has 0 saturated carbocycles. The normalized spacial score (nSPS) is 17.6. The highest BCUT2D eigenvalue weighted by molar-refractivity contribution is 6.30. The van der Waals surface area contributed by atoms with Crippen LogP contribution in [0.3, 0.4) is 0 Å². The molecule has 0 bridgehead atoms. The van der Waals surface area contributed by atoms with E-state index in [9.17, 15) is 13.6 Å². The maximum absolute atomic E-state index is 13.6. The van der Waals surface area contributed by atoms with Crippen LogP contribution < -0.4 is 5.32 Å². The van der Waals surface area contributed by atoms with E-state index in [1.807, 2.05) is 12.1 Å².